The summed E-state index contributed by atoms with van der Waals surface area (Å²) in [4.78, 5) is 10.1. The molecule has 210 valence electrons. The average molecular weight is 557 g/mol. The van der Waals surface area contributed by atoms with E-state index in [0.717, 1.165) is 50.9 Å². The summed E-state index contributed by atoms with van der Waals surface area (Å²) in [6.07, 6.45) is 0.481. The van der Waals surface area contributed by atoms with Gasteiger partial charge in [0.25, 0.3) is 0 Å². The highest BCUT2D eigenvalue weighted by Crippen LogP contribution is 2.58. The van der Waals surface area contributed by atoms with Crippen molar-refractivity contribution >= 4 is 11.8 Å². The summed E-state index contributed by atoms with van der Waals surface area (Å²) >= 11 is 0. The van der Waals surface area contributed by atoms with Crippen LogP contribution in [0.5, 0.6) is 0 Å². The normalized spacial score (nSPS) is 27.3. The van der Waals surface area contributed by atoms with Gasteiger partial charge in [0.1, 0.15) is 25.3 Å². The molecule has 5 atom stereocenters. The molecule has 0 aromatic heterocycles. The number of aliphatic imine (C=N–C) groups is 2. The molecule has 4 aromatic carbocycles. The second kappa shape index (κ2) is 9.93. The van der Waals surface area contributed by atoms with Gasteiger partial charge < -0.3 is 18.9 Å². The number of rotatable bonds is 5. The fourth-order valence-electron chi connectivity index (χ4n) is 6.84. The van der Waals surface area contributed by atoms with Gasteiger partial charge in [-0.1, -0.05) is 91.9 Å². The highest BCUT2D eigenvalue weighted by molar-refractivity contribution is 6.00. The summed E-state index contributed by atoms with van der Waals surface area (Å²) in [5.74, 6) is 0.117. The van der Waals surface area contributed by atoms with E-state index in [4.69, 9.17) is 28.9 Å². The third-order valence-electron chi connectivity index (χ3n) is 8.79. The maximum Gasteiger partial charge on any atom is 0.225 e. The van der Waals surface area contributed by atoms with Crippen molar-refractivity contribution < 1.29 is 18.9 Å². The second-order valence-electron chi connectivity index (χ2n) is 11.3. The second-order valence-corrected chi connectivity index (χ2v) is 11.3. The zero-order chi connectivity index (χ0) is 28.3. The minimum absolute atomic E-state index is 0.0558. The predicted molar refractivity (Wildman–Crippen MR) is 161 cm³/mol. The van der Waals surface area contributed by atoms with E-state index in [0.29, 0.717) is 25.0 Å². The van der Waals surface area contributed by atoms with Crippen molar-refractivity contribution in [3.63, 3.8) is 0 Å². The first kappa shape index (κ1) is 25.5. The van der Waals surface area contributed by atoms with Crippen molar-refractivity contribution in [2.45, 2.75) is 50.3 Å². The van der Waals surface area contributed by atoms with Gasteiger partial charge in [-0.15, -0.1) is 0 Å². The number of hydrogen-bond acceptors (Lipinski definition) is 6. The lowest BCUT2D eigenvalue weighted by Crippen LogP contribution is -2.31. The number of benzene rings is 4. The Morgan fingerprint density at radius 3 is 1.71 bits per heavy atom. The molecule has 0 fully saturated rings. The van der Waals surface area contributed by atoms with Crippen molar-refractivity contribution in [1.29, 1.82) is 0 Å². The molecule has 8 rings (SSSR count). The van der Waals surface area contributed by atoms with E-state index in [1.54, 1.807) is 0 Å². The van der Waals surface area contributed by atoms with E-state index in [1.807, 2.05) is 36.4 Å². The fourth-order valence-corrected chi connectivity index (χ4v) is 6.84. The van der Waals surface area contributed by atoms with E-state index in [1.165, 1.54) is 0 Å². The fraction of sp³-hybridized carbons (Fsp3) is 0.278. The van der Waals surface area contributed by atoms with Crippen molar-refractivity contribution in [3.05, 3.63) is 142 Å². The third-order valence-corrected chi connectivity index (χ3v) is 8.79. The van der Waals surface area contributed by atoms with Crippen LogP contribution in [0.2, 0.25) is 0 Å². The van der Waals surface area contributed by atoms with E-state index < -0.39 is 5.79 Å². The van der Waals surface area contributed by atoms with E-state index in [2.05, 4.69) is 74.5 Å². The maximum atomic E-state index is 7.01. The van der Waals surface area contributed by atoms with Gasteiger partial charge in [-0.25, -0.2) is 9.98 Å². The maximum absolute atomic E-state index is 7.01. The summed E-state index contributed by atoms with van der Waals surface area (Å²) in [6.45, 7) is 5.23. The van der Waals surface area contributed by atoms with Gasteiger partial charge in [0.2, 0.25) is 17.6 Å². The Balaban J connectivity index is 1.28. The van der Waals surface area contributed by atoms with Gasteiger partial charge in [-0.05, 0) is 47.7 Å². The Hall–Kier alpha value is -4.26. The zero-order valence-corrected chi connectivity index (χ0v) is 23.7. The van der Waals surface area contributed by atoms with Gasteiger partial charge >= 0.3 is 0 Å². The van der Waals surface area contributed by atoms with Crippen LogP contribution in [0.1, 0.15) is 89.1 Å². The first-order valence-electron chi connectivity index (χ1n) is 14.8. The lowest BCUT2D eigenvalue weighted by atomic mass is 9.86. The van der Waals surface area contributed by atoms with Crippen LogP contribution >= 0.6 is 0 Å². The Morgan fingerprint density at radius 1 is 0.643 bits per heavy atom. The van der Waals surface area contributed by atoms with Crippen LogP contribution in [0.3, 0.4) is 0 Å². The van der Waals surface area contributed by atoms with Crippen LogP contribution in [-0.2, 0) is 24.7 Å². The summed E-state index contributed by atoms with van der Waals surface area (Å²) in [5.41, 5.74) is 8.22. The highest BCUT2D eigenvalue weighted by atomic mass is 16.7. The Kier molecular flexibility index (Phi) is 6.02. The van der Waals surface area contributed by atoms with Crippen LogP contribution in [-0.4, -0.2) is 25.0 Å². The molecule has 0 N–H and O–H groups in total. The molecule has 6 nitrogen and oxygen atoms in total. The molecule has 6 heteroatoms. The van der Waals surface area contributed by atoms with Crippen LogP contribution in [0.15, 0.2) is 107 Å². The Labute approximate surface area is 245 Å². The van der Waals surface area contributed by atoms with Crippen LogP contribution in [0.25, 0.3) is 0 Å². The standard InChI is InChI=1S/C36H32N2O4/c1-3-31-26-17-11-19-28(35-38-30(21-40-35)24-14-8-5-9-15-24)33(26)36(42-31)32-25(22(2)41-36)16-10-18-27(32)34-37-29(20-39-34)23-12-6-4-7-13-23/h4-19,22,29-31H,3,20-21H2,1-2H3/t22-,29-,30-,31-,36-/m0/s1. The van der Waals surface area contributed by atoms with Crippen molar-refractivity contribution in [1.82, 2.24) is 0 Å². The summed E-state index contributed by atoms with van der Waals surface area (Å²) in [7, 11) is 0. The van der Waals surface area contributed by atoms with Crippen LogP contribution in [0, 0.1) is 0 Å². The quantitative estimate of drug-likeness (QED) is 0.255. The van der Waals surface area contributed by atoms with Crippen molar-refractivity contribution in [3.8, 4) is 0 Å². The van der Waals surface area contributed by atoms with Gasteiger partial charge in [-0.3, -0.25) is 0 Å². The molecule has 0 saturated heterocycles. The number of fused-ring (bicyclic) bond motifs is 4. The van der Waals surface area contributed by atoms with Crippen molar-refractivity contribution in [2.75, 3.05) is 13.2 Å². The van der Waals surface area contributed by atoms with E-state index in [-0.39, 0.29) is 24.3 Å². The predicted octanol–water partition coefficient (Wildman–Crippen LogP) is 7.50. The van der Waals surface area contributed by atoms with E-state index in [9.17, 15) is 0 Å². The summed E-state index contributed by atoms with van der Waals surface area (Å²) in [6, 6.07) is 33.1. The molecule has 1 spiro atoms. The highest BCUT2D eigenvalue weighted by Gasteiger charge is 2.57. The minimum atomic E-state index is -1.13. The molecule has 0 unspecified atom stereocenters. The number of nitrogens with zero attached hydrogens (tertiary/aromatic N) is 2. The molecule has 0 aliphatic carbocycles. The largest absolute Gasteiger partial charge is 0.475 e. The lowest BCUT2D eigenvalue weighted by Gasteiger charge is -2.29. The van der Waals surface area contributed by atoms with Crippen LogP contribution < -0.4 is 0 Å². The van der Waals surface area contributed by atoms with Crippen molar-refractivity contribution in [2.24, 2.45) is 9.98 Å². The smallest absolute Gasteiger partial charge is 0.225 e. The minimum Gasteiger partial charge on any atom is -0.475 e. The summed E-state index contributed by atoms with van der Waals surface area (Å²) in [5, 5.41) is 0. The van der Waals surface area contributed by atoms with Gasteiger partial charge in [0, 0.05) is 22.3 Å². The topological polar surface area (TPSA) is 61.6 Å². The molecule has 4 aliphatic rings. The molecule has 42 heavy (non-hydrogen) atoms. The molecule has 0 saturated carbocycles. The van der Waals surface area contributed by atoms with E-state index >= 15 is 0 Å². The molecule has 0 radical (unpaired) electrons. The zero-order valence-electron chi connectivity index (χ0n) is 23.7. The third kappa shape index (κ3) is 3.86. The Morgan fingerprint density at radius 2 is 1.17 bits per heavy atom. The first-order chi connectivity index (χ1) is 20.7. The molecule has 4 aliphatic heterocycles. The number of hydrogen-bond donors (Lipinski definition) is 0. The SMILES string of the molecule is CC[C@@H]1O[C@]2(O[C@@H](C)c3cccc(C4=N[C@H](c5ccccc5)CO4)c32)c2c(C3=N[C@H](c4ccccc4)CO3)cccc21. The molecular formula is C36H32N2O4. The summed E-state index contributed by atoms with van der Waals surface area (Å²) < 4.78 is 26.5. The molecule has 4 aromatic rings. The average Bonchev–Trinajstić information content (AvgIpc) is 3.84. The lowest BCUT2D eigenvalue weighted by molar-refractivity contribution is -0.232. The van der Waals surface area contributed by atoms with Crippen LogP contribution in [0.4, 0.5) is 0 Å². The first-order valence-corrected chi connectivity index (χ1v) is 14.8. The molecule has 4 heterocycles. The van der Waals surface area contributed by atoms with Gasteiger partial charge in [0.15, 0.2) is 0 Å². The Bertz CT molecular complexity index is 1720. The number of ether oxygens (including phenoxy) is 4. The van der Waals surface area contributed by atoms with Gasteiger partial charge in [0.05, 0.1) is 12.2 Å². The monoisotopic (exact) mass is 556 g/mol. The van der Waals surface area contributed by atoms with Gasteiger partial charge in [-0.2, -0.15) is 0 Å². The molecular weight excluding hydrogens is 524 g/mol. The molecule has 0 amide bonds. The molecule has 0 bridgehead atoms.